The Kier molecular flexibility index (Phi) is 7.31. The summed E-state index contributed by atoms with van der Waals surface area (Å²) in [5.41, 5.74) is 5.45. The van der Waals surface area contributed by atoms with Gasteiger partial charge in [0.2, 0.25) is 5.89 Å². The monoisotopic (exact) mass is 258 g/mol. The molecule has 0 atom stereocenters. The first-order chi connectivity index (χ1) is 8.81. The quantitative estimate of drug-likeness (QED) is 0.594. The van der Waals surface area contributed by atoms with Gasteiger partial charge in [0.05, 0.1) is 6.61 Å². The molecule has 0 bridgehead atoms. The molecule has 2 N–H and O–H groups in total. The van der Waals surface area contributed by atoms with Crippen LogP contribution in [-0.2, 0) is 15.9 Å². The Balaban J connectivity index is 2.55. The van der Waals surface area contributed by atoms with Gasteiger partial charge in [-0.3, -0.25) is 0 Å². The minimum absolute atomic E-state index is 0.503. The van der Waals surface area contributed by atoms with Gasteiger partial charge in [0.1, 0.15) is 0 Å². The normalized spacial score (nSPS) is 10.8. The maximum absolute atomic E-state index is 5.54. The highest BCUT2D eigenvalue weighted by atomic mass is 16.5. The molecule has 0 spiro atoms. The van der Waals surface area contributed by atoms with E-state index in [1.165, 1.54) is 0 Å². The Bertz CT molecular complexity index is 319. The van der Waals surface area contributed by atoms with Gasteiger partial charge >= 0.3 is 6.01 Å². The van der Waals surface area contributed by atoms with Crippen molar-refractivity contribution >= 4 is 6.01 Å². The lowest BCUT2D eigenvalue weighted by Gasteiger charge is -2.19. The van der Waals surface area contributed by atoms with Crippen LogP contribution in [0.5, 0.6) is 0 Å². The lowest BCUT2D eigenvalue weighted by atomic mass is 10.4. The zero-order chi connectivity index (χ0) is 13.2. The summed E-state index contributed by atoms with van der Waals surface area (Å²) in [6.45, 7) is 3.32. The maximum atomic E-state index is 5.54. The highest BCUT2D eigenvalue weighted by Crippen LogP contribution is 2.12. The smallest absolute Gasteiger partial charge is 0.318 e. The van der Waals surface area contributed by atoms with E-state index in [9.17, 15) is 0 Å². The van der Waals surface area contributed by atoms with E-state index in [0.717, 1.165) is 13.0 Å². The standard InChI is InChI=1S/C11H22N4O3/c1-16-8-3-6-15(7-9-17-2)11-14-13-10(18-11)4-5-12/h3-9,12H2,1-2H3. The Labute approximate surface area is 107 Å². The third kappa shape index (κ3) is 4.99. The second kappa shape index (κ2) is 8.84. The number of methoxy groups -OCH3 is 2. The van der Waals surface area contributed by atoms with Gasteiger partial charge in [-0.25, -0.2) is 0 Å². The van der Waals surface area contributed by atoms with Gasteiger partial charge in [0.25, 0.3) is 0 Å². The summed E-state index contributed by atoms with van der Waals surface area (Å²) < 4.78 is 15.6. The van der Waals surface area contributed by atoms with Crippen LogP contribution in [0.1, 0.15) is 12.3 Å². The number of ether oxygens (including phenoxy) is 2. The van der Waals surface area contributed by atoms with Crippen molar-refractivity contribution in [1.29, 1.82) is 0 Å². The van der Waals surface area contributed by atoms with Crippen molar-refractivity contribution in [2.45, 2.75) is 12.8 Å². The summed E-state index contributed by atoms with van der Waals surface area (Å²) in [5, 5.41) is 7.98. The summed E-state index contributed by atoms with van der Waals surface area (Å²) >= 11 is 0. The van der Waals surface area contributed by atoms with E-state index in [0.29, 0.717) is 44.6 Å². The SMILES string of the molecule is COCCCN(CCOC)c1nnc(CCN)o1. The fourth-order valence-electron chi connectivity index (χ4n) is 1.50. The van der Waals surface area contributed by atoms with E-state index in [4.69, 9.17) is 19.6 Å². The van der Waals surface area contributed by atoms with Crippen LogP contribution in [0.4, 0.5) is 6.01 Å². The van der Waals surface area contributed by atoms with Crippen LogP contribution in [0, 0.1) is 0 Å². The first-order valence-corrected chi connectivity index (χ1v) is 6.07. The Morgan fingerprint density at radius 3 is 2.61 bits per heavy atom. The lowest BCUT2D eigenvalue weighted by Crippen LogP contribution is -2.29. The van der Waals surface area contributed by atoms with Gasteiger partial charge in [-0.1, -0.05) is 5.10 Å². The zero-order valence-electron chi connectivity index (χ0n) is 11.1. The van der Waals surface area contributed by atoms with Crippen LogP contribution >= 0.6 is 0 Å². The zero-order valence-corrected chi connectivity index (χ0v) is 11.1. The summed E-state index contributed by atoms with van der Waals surface area (Å²) in [4.78, 5) is 2.00. The Hall–Kier alpha value is -1.18. The highest BCUT2D eigenvalue weighted by Gasteiger charge is 2.13. The van der Waals surface area contributed by atoms with Crippen molar-refractivity contribution in [3.05, 3.63) is 5.89 Å². The largest absolute Gasteiger partial charge is 0.408 e. The predicted molar refractivity (Wildman–Crippen MR) is 67.6 cm³/mol. The molecular weight excluding hydrogens is 236 g/mol. The van der Waals surface area contributed by atoms with E-state index >= 15 is 0 Å². The number of hydrogen-bond donors (Lipinski definition) is 1. The van der Waals surface area contributed by atoms with Crippen LogP contribution in [0.15, 0.2) is 4.42 Å². The first kappa shape index (κ1) is 14.9. The van der Waals surface area contributed by atoms with Crippen molar-refractivity contribution in [2.24, 2.45) is 5.73 Å². The number of nitrogens with two attached hydrogens (primary N) is 1. The molecule has 1 aromatic rings. The van der Waals surface area contributed by atoms with E-state index in [1.54, 1.807) is 14.2 Å². The molecule has 0 aliphatic carbocycles. The van der Waals surface area contributed by atoms with E-state index in [-0.39, 0.29) is 0 Å². The number of anilines is 1. The average Bonchev–Trinajstić information content (AvgIpc) is 2.82. The number of nitrogens with zero attached hydrogens (tertiary/aromatic N) is 3. The van der Waals surface area contributed by atoms with E-state index in [2.05, 4.69) is 10.2 Å². The third-order valence-corrected chi connectivity index (χ3v) is 2.43. The van der Waals surface area contributed by atoms with Gasteiger partial charge < -0.3 is 24.5 Å². The minimum atomic E-state index is 0.503. The Morgan fingerprint density at radius 2 is 1.94 bits per heavy atom. The maximum Gasteiger partial charge on any atom is 0.318 e. The molecule has 0 saturated heterocycles. The molecule has 1 aromatic heterocycles. The summed E-state index contributed by atoms with van der Waals surface area (Å²) in [5.74, 6) is 0.571. The van der Waals surface area contributed by atoms with Gasteiger partial charge in [-0.05, 0) is 6.42 Å². The summed E-state index contributed by atoms with van der Waals surface area (Å²) in [7, 11) is 3.35. The number of hydrogen-bond acceptors (Lipinski definition) is 7. The molecule has 0 radical (unpaired) electrons. The molecule has 1 heterocycles. The van der Waals surface area contributed by atoms with Crippen molar-refractivity contribution in [2.75, 3.05) is 52.0 Å². The van der Waals surface area contributed by atoms with Crippen LogP contribution in [0.2, 0.25) is 0 Å². The van der Waals surface area contributed by atoms with E-state index < -0.39 is 0 Å². The van der Waals surface area contributed by atoms with Crippen LogP contribution in [-0.4, -0.2) is 57.3 Å². The molecule has 0 aliphatic rings. The van der Waals surface area contributed by atoms with Crippen LogP contribution < -0.4 is 10.6 Å². The average molecular weight is 258 g/mol. The fraction of sp³-hybridized carbons (Fsp3) is 0.818. The first-order valence-electron chi connectivity index (χ1n) is 6.07. The van der Waals surface area contributed by atoms with Crippen LogP contribution in [0.25, 0.3) is 0 Å². The van der Waals surface area contributed by atoms with E-state index in [1.807, 2.05) is 4.90 Å². The van der Waals surface area contributed by atoms with Gasteiger partial charge in [0.15, 0.2) is 0 Å². The molecular formula is C11H22N4O3. The fourth-order valence-corrected chi connectivity index (χ4v) is 1.50. The topological polar surface area (TPSA) is 86.6 Å². The second-order valence-electron chi connectivity index (χ2n) is 3.84. The number of rotatable bonds is 10. The summed E-state index contributed by atoms with van der Waals surface area (Å²) in [6, 6.07) is 0.520. The molecule has 0 aromatic carbocycles. The molecule has 0 aliphatic heterocycles. The van der Waals surface area contributed by atoms with Crippen molar-refractivity contribution in [3.8, 4) is 0 Å². The van der Waals surface area contributed by atoms with Crippen LogP contribution in [0.3, 0.4) is 0 Å². The molecule has 7 nitrogen and oxygen atoms in total. The number of aromatic nitrogens is 2. The molecule has 0 saturated carbocycles. The highest BCUT2D eigenvalue weighted by molar-refractivity contribution is 5.23. The van der Waals surface area contributed by atoms with Crippen molar-refractivity contribution < 1.29 is 13.9 Å². The molecule has 104 valence electrons. The molecule has 18 heavy (non-hydrogen) atoms. The summed E-state index contributed by atoms with van der Waals surface area (Å²) in [6.07, 6.45) is 1.50. The Morgan fingerprint density at radius 1 is 1.17 bits per heavy atom. The van der Waals surface area contributed by atoms with Gasteiger partial charge in [-0.2, -0.15) is 0 Å². The van der Waals surface area contributed by atoms with Crippen molar-refractivity contribution in [1.82, 2.24) is 10.2 Å². The predicted octanol–water partition coefficient (Wildman–Crippen LogP) is 0.0601. The second-order valence-corrected chi connectivity index (χ2v) is 3.84. The molecule has 0 amide bonds. The van der Waals surface area contributed by atoms with Gasteiger partial charge in [0, 0.05) is 46.9 Å². The lowest BCUT2D eigenvalue weighted by molar-refractivity contribution is 0.189. The van der Waals surface area contributed by atoms with Gasteiger partial charge in [-0.15, -0.1) is 5.10 Å². The molecule has 0 unspecified atom stereocenters. The third-order valence-electron chi connectivity index (χ3n) is 2.43. The molecule has 7 heteroatoms. The van der Waals surface area contributed by atoms with Crippen molar-refractivity contribution in [3.63, 3.8) is 0 Å². The molecule has 0 fully saturated rings. The molecule has 1 rings (SSSR count). The minimum Gasteiger partial charge on any atom is -0.408 e.